The molecule has 0 spiro atoms. The molecular formula is C20H30N6O3. The lowest BCUT2D eigenvalue weighted by atomic mass is 9.72. The quantitative estimate of drug-likeness (QED) is 0.685. The highest BCUT2D eigenvalue weighted by atomic mass is 16.2. The zero-order valence-electron chi connectivity index (χ0n) is 16.9. The first-order valence-corrected chi connectivity index (χ1v) is 10.6. The summed E-state index contributed by atoms with van der Waals surface area (Å²) in [6.45, 7) is 4.88. The minimum Gasteiger partial charge on any atom is -0.369 e. The highest BCUT2D eigenvalue weighted by Crippen LogP contribution is 2.41. The number of nitrogens with zero attached hydrogens (tertiary/aromatic N) is 4. The van der Waals surface area contributed by atoms with Gasteiger partial charge in [0.15, 0.2) is 0 Å². The number of primary amides is 1. The van der Waals surface area contributed by atoms with Gasteiger partial charge in [0.25, 0.3) is 5.91 Å². The van der Waals surface area contributed by atoms with Crippen molar-refractivity contribution >= 4 is 17.7 Å². The number of rotatable bonds is 6. The number of carbonyl (C=O) groups excluding carboxylic acids is 3. The molecule has 29 heavy (non-hydrogen) atoms. The van der Waals surface area contributed by atoms with E-state index in [1.807, 2.05) is 6.92 Å². The van der Waals surface area contributed by atoms with Gasteiger partial charge in [-0.25, -0.2) is 0 Å². The van der Waals surface area contributed by atoms with Gasteiger partial charge in [-0.05, 0) is 38.0 Å². The first-order chi connectivity index (χ1) is 14.0. The maximum Gasteiger partial charge on any atom is 0.254 e. The molecule has 1 aromatic rings. The molecule has 3 N–H and O–H groups in total. The van der Waals surface area contributed by atoms with Crippen molar-refractivity contribution in [3.05, 3.63) is 18.0 Å². The lowest BCUT2D eigenvalue weighted by Crippen LogP contribution is -2.67. The molecule has 1 aromatic heterocycles. The Labute approximate surface area is 170 Å². The number of likely N-dealkylation sites (tertiary alicyclic amines) is 1. The average molecular weight is 402 g/mol. The fourth-order valence-corrected chi connectivity index (χ4v) is 5.44. The number of carbonyl (C=O) groups is 3. The van der Waals surface area contributed by atoms with E-state index in [1.54, 1.807) is 17.1 Å². The van der Waals surface area contributed by atoms with Crippen molar-refractivity contribution in [2.24, 2.45) is 17.6 Å². The van der Waals surface area contributed by atoms with Crippen LogP contribution in [0.5, 0.6) is 0 Å². The van der Waals surface area contributed by atoms with Crippen molar-refractivity contribution in [2.45, 2.75) is 51.2 Å². The van der Waals surface area contributed by atoms with E-state index >= 15 is 0 Å². The summed E-state index contributed by atoms with van der Waals surface area (Å²) < 4.78 is 1.72. The SMILES string of the molecule is CCn1cc(C(=O)NC[C@H]2[C@H]3C[C@H](CN(CC(N)=O)C3)[C@@H]3CCCC(=O)N32)cn1. The third kappa shape index (κ3) is 4.01. The van der Waals surface area contributed by atoms with E-state index in [1.165, 1.54) is 0 Å². The molecular weight excluding hydrogens is 372 g/mol. The Balaban J connectivity index is 1.50. The van der Waals surface area contributed by atoms with Gasteiger partial charge in [-0.15, -0.1) is 0 Å². The summed E-state index contributed by atoms with van der Waals surface area (Å²) in [4.78, 5) is 41.0. The van der Waals surface area contributed by atoms with Crippen LogP contribution in [0.4, 0.5) is 0 Å². The summed E-state index contributed by atoms with van der Waals surface area (Å²) in [6, 6.07) is 0.137. The van der Waals surface area contributed by atoms with Crippen molar-refractivity contribution in [1.82, 2.24) is 24.9 Å². The van der Waals surface area contributed by atoms with Crippen molar-refractivity contribution in [3.8, 4) is 0 Å². The molecule has 0 saturated carbocycles. The van der Waals surface area contributed by atoms with E-state index in [-0.39, 0.29) is 42.3 Å². The van der Waals surface area contributed by atoms with Crippen LogP contribution in [0.1, 0.15) is 43.0 Å². The fourth-order valence-electron chi connectivity index (χ4n) is 5.44. The predicted molar refractivity (Wildman–Crippen MR) is 106 cm³/mol. The molecule has 4 atom stereocenters. The number of hydrogen-bond donors (Lipinski definition) is 2. The van der Waals surface area contributed by atoms with Gasteiger partial charge in [0.2, 0.25) is 11.8 Å². The van der Waals surface area contributed by atoms with Gasteiger partial charge in [-0.1, -0.05) is 0 Å². The van der Waals surface area contributed by atoms with Crippen molar-refractivity contribution in [3.63, 3.8) is 0 Å². The second-order valence-electron chi connectivity index (χ2n) is 8.54. The Morgan fingerprint density at radius 3 is 2.83 bits per heavy atom. The first-order valence-electron chi connectivity index (χ1n) is 10.6. The van der Waals surface area contributed by atoms with Crippen LogP contribution in [0.15, 0.2) is 12.4 Å². The van der Waals surface area contributed by atoms with Crippen LogP contribution < -0.4 is 11.1 Å². The predicted octanol–water partition coefficient (Wildman–Crippen LogP) is -0.180. The Morgan fingerprint density at radius 2 is 2.10 bits per heavy atom. The van der Waals surface area contributed by atoms with Crippen LogP contribution in [0, 0.1) is 11.8 Å². The monoisotopic (exact) mass is 402 g/mol. The number of piperidine rings is 3. The van der Waals surface area contributed by atoms with E-state index < -0.39 is 0 Å². The summed E-state index contributed by atoms with van der Waals surface area (Å²) in [5.41, 5.74) is 5.96. The molecule has 2 bridgehead atoms. The molecule has 0 aliphatic carbocycles. The van der Waals surface area contributed by atoms with Gasteiger partial charge in [-0.2, -0.15) is 5.10 Å². The third-order valence-corrected chi connectivity index (χ3v) is 6.64. The maximum atomic E-state index is 12.8. The summed E-state index contributed by atoms with van der Waals surface area (Å²) in [5.74, 6) is 0.298. The summed E-state index contributed by atoms with van der Waals surface area (Å²) in [5, 5.41) is 7.18. The molecule has 3 saturated heterocycles. The minimum absolute atomic E-state index is 0.0510. The lowest BCUT2D eigenvalue weighted by Gasteiger charge is -2.56. The molecule has 0 unspecified atom stereocenters. The smallest absolute Gasteiger partial charge is 0.254 e. The average Bonchev–Trinajstić information content (AvgIpc) is 3.17. The van der Waals surface area contributed by atoms with Crippen LogP contribution >= 0.6 is 0 Å². The van der Waals surface area contributed by atoms with Crippen LogP contribution in [0.2, 0.25) is 0 Å². The molecule has 9 heteroatoms. The number of fused-ring (bicyclic) bond motifs is 4. The van der Waals surface area contributed by atoms with E-state index in [0.29, 0.717) is 31.0 Å². The Hall–Kier alpha value is -2.42. The number of amides is 3. The number of aromatic nitrogens is 2. The lowest BCUT2D eigenvalue weighted by molar-refractivity contribution is -0.153. The second kappa shape index (κ2) is 8.14. The van der Waals surface area contributed by atoms with E-state index in [0.717, 1.165) is 32.4 Å². The third-order valence-electron chi connectivity index (χ3n) is 6.64. The number of nitrogens with one attached hydrogen (secondary N) is 1. The molecule has 9 nitrogen and oxygen atoms in total. The van der Waals surface area contributed by atoms with Crippen LogP contribution in [0.25, 0.3) is 0 Å². The van der Waals surface area contributed by atoms with E-state index in [2.05, 4.69) is 20.2 Å². The van der Waals surface area contributed by atoms with E-state index in [9.17, 15) is 14.4 Å². The van der Waals surface area contributed by atoms with E-state index in [4.69, 9.17) is 5.73 Å². The second-order valence-corrected chi connectivity index (χ2v) is 8.54. The zero-order chi connectivity index (χ0) is 20.5. The first kappa shape index (κ1) is 19.9. The van der Waals surface area contributed by atoms with Gasteiger partial charge in [0.05, 0.1) is 24.3 Å². The van der Waals surface area contributed by atoms with Gasteiger partial charge in [0, 0.05) is 44.8 Å². The molecule has 158 valence electrons. The number of aryl methyl sites for hydroxylation is 1. The van der Waals surface area contributed by atoms with Crippen molar-refractivity contribution in [2.75, 3.05) is 26.2 Å². The Kier molecular flexibility index (Phi) is 5.58. The van der Waals surface area contributed by atoms with Gasteiger partial charge < -0.3 is 16.0 Å². The summed E-state index contributed by atoms with van der Waals surface area (Å²) in [7, 11) is 0. The molecule has 0 aromatic carbocycles. The maximum absolute atomic E-state index is 12.8. The molecule has 3 aliphatic heterocycles. The van der Waals surface area contributed by atoms with Crippen LogP contribution in [-0.2, 0) is 16.1 Å². The normalized spacial score (nSPS) is 29.4. The fraction of sp³-hybridized carbons (Fsp3) is 0.700. The number of nitrogens with two attached hydrogens (primary N) is 1. The topological polar surface area (TPSA) is 114 Å². The van der Waals surface area contributed by atoms with Crippen LogP contribution in [0.3, 0.4) is 0 Å². The molecule has 0 radical (unpaired) electrons. The highest BCUT2D eigenvalue weighted by molar-refractivity contribution is 5.93. The van der Waals surface area contributed by atoms with Crippen molar-refractivity contribution in [1.29, 1.82) is 0 Å². The molecule has 4 heterocycles. The molecule has 3 fully saturated rings. The van der Waals surface area contributed by atoms with Gasteiger partial charge >= 0.3 is 0 Å². The Morgan fingerprint density at radius 1 is 1.31 bits per heavy atom. The van der Waals surface area contributed by atoms with Crippen molar-refractivity contribution < 1.29 is 14.4 Å². The molecule has 3 aliphatic rings. The van der Waals surface area contributed by atoms with Crippen LogP contribution in [-0.4, -0.2) is 75.6 Å². The zero-order valence-corrected chi connectivity index (χ0v) is 16.9. The largest absolute Gasteiger partial charge is 0.369 e. The Bertz CT molecular complexity index is 793. The van der Waals surface area contributed by atoms with Gasteiger partial charge in [-0.3, -0.25) is 24.0 Å². The molecule has 4 rings (SSSR count). The summed E-state index contributed by atoms with van der Waals surface area (Å²) in [6.07, 6.45) is 6.80. The standard InChI is InChI=1S/C20H30N6O3/c1-2-25-11-15(7-23-25)20(29)22-8-17-14-6-13(9-24(10-14)12-18(21)27)16-4-3-5-19(28)26(16)17/h7,11,13-14,16-17H,2-6,8-10,12H2,1H3,(H2,21,27)(H,22,29)/t13-,14+,16+,17+/m1/s1. The number of hydrogen-bond acceptors (Lipinski definition) is 5. The summed E-state index contributed by atoms with van der Waals surface area (Å²) >= 11 is 0. The van der Waals surface area contributed by atoms with Gasteiger partial charge in [0.1, 0.15) is 0 Å². The highest BCUT2D eigenvalue weighted by Gasteiger charge is 2.49. The minimum atomic E-state index is -0.320. The molecule has 3 amide bonds.